The van der Waals surface area contributed by atoms with E-state index >= 15 is 0 Å². The van der Waals surface area contributed by atoms with Gasteiger partial charge in [0.25, 0.3) is 5.91 Å². The van der Waals surface area contributed by atoms with Crippen molar-refractivity contribution in [2.45, 2.75) is 26.3 Å². The number of halogens is 1. The Morgan fingerprint density at radius 1 is 1.33 bits per heavy atom. The van der Waals surface area contributed by atoms with Crippen molar-refractivity contribution in [2.75, 3.05) is 33.0 Å². The van der Waals surface area contributed by atoms with Gasteiger partial charge in [-0.15, -0.1) is 0 Å². The highest BCUT2D eigenvalue weighted by atomic mass is 35.5. The SMILES string of the molecule is CNc1ccc(Cl)cc1C(=O)NC(CC(C)C)CN(C)C. The Kier molecular flexibility index (Phi) is 6.99. The lowest BCUT2D eigenvalue weighted by Gasteiger charge is -2.24. The van der Waals surface area contributed by atoms with Crippen LogP contribution in [0.1, 0.15) is 30.6 Å². The van der Waals surface area contributed by atoms with E-state index in [1.165, 1.54) is 0 Å². The van der Waals surface area contributed by atoms with Crippen LogP contribution in [0.2, 0.25) is 5.02 Å². The lowest BCUT2D eigenvalue weighted by atomic mass is 10.0. The average Bonchev–Trinajstić information content (AvgIpc) is 2.36. The molecule has 0 fully saturated rings. The van der Waals surface area contributed by atoms with E-state index in [1.54, 1.807) is 19.2 Å². The van der Waals surface area contributed by atoms with E-state index in [-0.39, 0.29) is 11.9 Å². The molecule has 1 atom stereocenters. The van der Waals surface area contributed by atoms with E-state index in [0.717, 1.165) is 18.7 Å². The number of hydrogen-bond acceptors (Lipinski definition) is 3. The molecule has 0 saturated heterocycles. The van der Waals surface area contributed by atoms with Gasteiger partial charge in [0.05, 0.1) is 5.56 Å². The summed E-state index contributed by atoms with van der Waals surface area (Å²) in [5.74, 6) is 0.438. The fourth-order valence-electron chi connectivity index (χ4n) is 2.37. The van der Waals surface area contributed by atoms with Crippen LogP contribution >= 0.6 is 11.6 Å². The Balaban J connectivity index is 2.88. The number of hydrogen-bond donors (Lipinski definition) is 2. The number of likely N-dealkylation sites (N-methyl/N-ethyl adjacent to an activating group) is 1. The maximum absolute atomic E-state index is 12.5. The number of benzene rings is 1. The zero-order valence-electron chi connectivity index (χ0n) is 13.5. The van der Waals surface area contributed by atoms with Gasteiger partial charge in [0.1, 0.15) is 0 Å². The maximum atomic E-state index is 12.5. The molecule has 0 radical (unpaired) electrons. The third-order valence-corrected chi connectivity index (χ3v) is 3.41. The van der Waals surface area contributed by atoms with Crippen LogP contribution < -0.4 is 10.6 Å². The molecule has 0 aliphatic rings. The molecule has 5 heteroatoms. The first kappa shape index (κ1) is 17.8. The van der Waals surface area contributed by atoms with Crippen LogP contribution in [0.5, 0.6) is 0 Å². The molecular formula is C16H26ClN3O. The van der Waals surface area contributed by atoms with Gasteiger partial charge in [0, 0.05) is 30.3 Å². The molecule has 0 saturated carbocycles. The molecule has 0 bridgehead atoms. The van der Waals surface area contributed by atoms with Gasteiger partial charge in [0.15, 0.2) is 0 Å². The minimum absolute atomic E-state index is 0.0886. The number of nitrogens with one attached hydrogen (secondary N) is 2. The van der Waals surface area contributed by atoms with Gasteiger partial charge in [-0.05, 0) is 44.6 Å². The van der Waals surface area contributed by atoms with Crippen LogP contribution in [-0.2, 0) is 0 Å². The summed E-state index contributed by atoms with van der Waals surface area (Å²) < 4.78 is 0. The van der Waals surface area contributed by atoms with Gasteiger partial charge in [-0.1, -0.05) is 25.4 Å². The summed E-state index contributed by atoms with van der Waals surface area (Å²) in [7, 11) is 5.82. The number of anilines is 1. The summed E-state index contributed by atoms with van der Waals surface area (Å²) in [6, 6.07) is 5.41. The molecule has 1 aromatic carbocycles. The smallest absolute Gasteiger partial charge is 0.253 e. The van der Waals surface area contributed by atoms with Crippen molar-refractivity contribution in [1.29, 1.82) is 0 Å². The molecule has 1 rings (SSSR count). The minimum atomic E-state index is -0.0886. The number of amides is 1. The number of carbonyl (C=O) groups excluding carboxylic acids is 1. The van der Waals surface area contributed by atoms with Crippen molar-refractivity contribution in [1.82, 2.24) is 10.2 Å². The van der Waals surface area contributed by atoms with Crippen molar-refractivity contribution in [3.63, 3.8) is 0 Å². The normalized spacial score (nSPS) is 12.6. The first-order chi connectivity index (χ1) is 9.83. The quantitative estimate of drug-likeness (QED) is 0.813. The van der Waals surface area contributed by atoms with Crippen molar-refractivity contribution < 1.29 is 4.79 Å². The molecule has 0 aliphatic heterocycles. The zero-order valence-corrected chi connectivity index (χ0v) is 14.3. The first-order valence-corrected chi connectivity index (χ1v) is 7.64. The molecule has 0 aliphatic carbocycles. The summed E-state index contributed by atoms with van der Waals surface area (Å²) in [6.07, 6.45) is 0.944. The van der Waals surface area contributed by atoms with Crippen LogP contribution in [0.25, 0.3) is 0 Å². The molecule has 1 aromatic rings. The Morgan fingerprint density at radius 2 is 2.00 bits per heavy atom. The minimum Gasteiger partial charge on any atom is -0.387 e. The molecule has 0 heterocycles. The van der Waals surface area contributed by atoms with Crippen LogP contribution in [0.3, 0.4) is 0 Å². The maximum Gasteiger partial charge on any atom is 0.253 e. The highest BCUT2D eigenvalue weighted by Gasteiger charge is 2.18. The lowest BCUT2D eigenvalue weighted by molar-refractivity contribution is 0.0925. The molecule has 1 amide bonds. The first-order valence-electron chi connectivity index (χ1n) is 7.26. The molecule has 2 N–H and O–H groups in total. The summed E-state index contributed by atoms with van der Waals surface area (Å²) in [6.45, 7) is 5.14. The van der Waals surface area contributed by atoms with Crippen molar-refractivity contribution >= 4 is 23.2 Å². The van der Waals surface area contributed by atoms with Gasteiger partial charge in [-0.25, -0.2) is 0 Å². The number of rotatable bonds is 7. The van der Waals surface area contributed by atoms with E-state index in [0.29, 0.717) is 16.5 Å². The number of carbonyl (C=O) groups is 1. The van der Waals surface area contributed by atoms with Crippen LogP contribution in [-0.4, -0.2) is 44.5 Å². The predicted octanol–water partition coefficient (Wildman–Crippen LogP) is 3.09. The highest BCUT2D eigenvalue weighted by Crippen LogP contribution is 2.20. The molecule has 1 unspecified atom stereocenters. The van der Waals surface area contributed by atoms with E-state index in [1.807, 2.05) is 20.2 Å². The summed E-state index contributed by atoms with van der Waals surface area (Å²) >= 11 is 6.01. The zero-order chi connectivity index (χ0) is 16.0. The van der Waals surface area contributed by atoms with Gasteiger partial charge >= 0.3 is 0 Å². The van der Waals surface area contributed by atoms with E-state index in [9.17, 15) is 4.79 Å². The standard InChI is InChI=1S/C16H26ClN3O/c1-11(2)8-13(10-20(4)5)19-16(21)14-9-12(17)6-7-15(14)18-3/h6-7,9,11,13,18H,8,10H2,1-5H3,(H,19,21). The second kappa shape index (κ2) is 8.25. The van der Waals surface area contributed by atoms with Crippen LogP contribution in [0.15, 0.2) is 18.2 Å². The Hall–Kier alpha value is -1.26. The van der Waals surface area contributed by atoms with Crippen LogP contribution in [0, 0.1) is 5.92 Å². The third-order valence-electron chi connectivity index (χ3n) is 3.17. The van der Waals surface area contributed by atoms with Crippen LogP contribution in [0.4, 0.5) is 5.69 Å². The topological polar surface area (TPSA) is 44.4 Å². The molecule has 118 valence electrons. The van der Waals surface area contributed by atoms with Crippen molar-refractivity contribution in [2.24, 2.45) is 5.92 Å². The average molecular weight is 312 g/mol. The van der Waals surface area contributed by atoms with E-state index in [4.69, 9.17) is 11.6 Å². The Labute approximate surface area is 132 Å². The van der Waals surface area contributed by atoms with Gasteiger partial charge < -0.3 is 15.5 Å². The molecule has 0 spiro atoms. The van der Waals surface area contributed by atoms with E-state index in [2.05, 4.69) is 29.4 Å². The molecular weight excluding hydrogens is 286 g/mol. The molecule has 4 nitrogen and oxygen atoms in total. The number of nitrogens with zero attached hydrogens (tertiary/aromatic N) is 1. The fourth-order valence-corrected chi connectivity index (χ4v) is 2.55. The van der Waals surface area contributed by atoms with Crippen molar-refractivity contribution in [3.8, 4) is 0 Å². The lowest BCUT2D eigenvalue weighted by Crippen LogP contribution is -2.42. The Bertz CT molecular complexity index is 465. The van der Waals surface area contributed by atoms with Gasteiger partial charge in [-0.3, -0.25) is 4.79 Å². The summed E-state index contributed by atoms with van der Waals surface area (Å²) in [4.78, 5) is 14.6. The second-order valence-electron chi connectivity index (χ2n) is 6.00. The summed E-state index contributed by atoms with van der Waals surface area (Å²) in [5, 5.41) is 6.71. The summed E-state index contributed by atoms with van der Waals surface area (Å²) in [5.41, 5.74) is 1.36. The second-order valence-corrected chi connectivity index (χ2v) is 6.44. The highest BCUT2D eigenvalue weighted by molar-refractivity contribution is 6.31. The van der Waals surface area contributed by atoms with Gasteiger partial charge in [-0.2, -0.15) is 0 Å². The third kappa shape index (κ3) is 5.94. The monoisotopic (exact) mass is 311 g/mol. The molecule has 21 heavy (non-hydrogen) atoms. The van der Waals surface area contributed by atoms with E-state index < -0.39 is 0 Å². The largest absolute Gasteiger partial charge is 0.387 e. The molecule has 0 aromatic heterocycles. The fraction of sp³-hybridized carbons (Fsp3) is 0.562. The van der Waals surface area contributed by atoms with Gasteiger partial charge in [0.2, 0.25) is 0 Å². The van der Waals surface area contributed by atoms with Crippen molar-refractivity contribution in [3.05, 3.63) is 28.8 Å². The predicted molar refractivity (Wildman–Crippen MR) is 90.3 cm³/mol. The Morgan fingerprint density at radius 3 is 2.52 bits per heavy atom.